The number of aliphatic hydroxyl groups is 1. The molecule has 1 aromatic carbocycles. The number of aromatic hydroxyl groups is 1. The number of hydrogen-bond acceptors (Lipinski definition) is 3. The van der Waals surface area contributed by atoms with Crippen molar-refractivity contribution in [1.82, 2.24) is 4.90 Å². The third-order valence-corrected chi connectivity index (χ3v) is 4.08. The van der Waals surface area contributed by atoms with Gasteiger partial charge in [0.25, 0.3) is 5.91 Å². The van der Waals surface area contributed by atoms with Gasteiger partial charge < -0.3 is 15.1 Å². The molecule has 4 nitrogen and oxygen atoms in total. The van der Waals surface area contributed by atoms with E-state index in [2.05, 4.69) is 0 Å². The van der Waals surface area contributed by atoms with Crippen molar-refractivity contribution in [2.24, 2.45) is 0 Å². The van der Waals surface area contributed by atoms with Crippen LogP contribution in [0.15, 0.2) is 24.3 Å². The SMILES string of the molecule is O=C(c1ccccc1O)N1C2CCC1CC(O)C2. The highest BCUT2D eigenvalue weighted by atomic mass is 16.3. The molecular formula is C14H17NO3. The number of rotatable bonds is 1. The minimum absolute atomic E-state index is 0.0352. The second-order valence-electron chi connectivity index (χ2n) is 5.24. The number of para-hydroxylation sites is 1. The van der Waals surface area contributed by atoms with Crippen LogP contribution in [0.3, 0.4) is 0 Å². The van der Waals surface area contributed by atoms with Crippen LogP contribution in [-0.2, 0) is 0 Å². The van der Waals surface area contributed by atoms with E-state index >= 15 is 0 Å². The number of benzene rings is 1. The Morgan fingerprint density at radius 3 is 2.39 bits per heavy atom. The third-order valence-electron chi connectivity index (χ3n) is 4.08. The molecular weight excluding hydrogens is 230 g/mol. The summed E-state index contributed by atoms with van der Waals surface area (Å²) < 4.78 is 0. The van der Waals surface area contributed by atoms with Gasteiger partial charge in [0, 0.05) is 12.1 Å². The molecule has 2 heterocycles. The van der Waals surface area contributed by atoms with Crippen LogP contribution in [0.5, 0.6) is 5.75 Å². The maximum absolute atomic E-state index is 12.5. The first kappa shape index (κ1) is 11.5. The van der Waals surface area contributed by atoms with E-state index in [1.165, 1.54) is 6.07 Å². The average molecular weight is 247 g/mol. The second-order valence-corrected chi connectivity index (χ2v) is 5.24. The van der Waals surface area contributed by atoms with E-state index in [9.17, 15) is 15.0 Å². The molecule has 1 amide bonds. The van der Waals surface area contributed by atoms with Crippen molar-refractivity contribution in [3.8, 4) is 5.75 Å². The molecule has 0 spiro atoms. The predicted octanol–water partition coefficient (Wildman–Crippen LogP) is 1.52. The lowest BCUT2D eigenvalue weighted by Gasteiger charge is -2.37. The monoisotopic (exact) mass is 247 g/mol. The minimum Gasteiger partial charge on any atom is -0.507 e. The van der Waals surface area contributed by atoms with Crippen LogP contribution >= 0.6 is 0 Å². The van der Waals surface area contributed by atoms with Gasteiger partial charge in [-0.25, -0.2) is 0 Å². The summed E-state index contributed by atoms with van der Waals surface area (Å²) in [4.78, 5) is 14.3. The Balaban J connectivity index is 1.88. The topological polar surface area (TPSA) is 60.8 Å². The van der Waals surface area contributed by atoms with E-state index in [4.69, 9.17) is 0 Å². The summed E-state index contributed by atoms with van der Waals surface area (Å²) in [7, 11) is 0. The van der Waals surface area contributed by atoms with Crippen molar-refractivity contribution in [1.29, 1.82) is 0 Å². The lowest BCUT2D eigenvalue weighted by Crippen LogP contribution is -2.48. The first-order chi connectivity index (χ1) is 8.66. The van der Waals surface area contributed by atoms with Crippen LogP contribution in [0.1, 0.15) is 36.0 Å². The molecule has 2 N–H and O–H groups in total. The fraction of sp³-hybridized carbons (Fsp3) is 0.500. The molecule has 2 atom stereocenters. The van der Waals surface area contributed by atoms with Gasteiger partial charge in [0.15, 0.2) is 0 Å². The van der Waals surface area contributed by atoms with Gasteiger partial charge in [-0.05, 0) is 37.8 Å². The first-order valence-corrected chi connectivity index (χ1v) is 6.45. The predicted molar refractivity (Wildman–Crippen MR) is 66.3 cm³/mol. The number of phenolic OH excluding ortho intramolecular Hbond substituents is 1. The molecule has 96 valence electrons. The van der Waals surface area contributed by atoms with Crippen LogP contribution in [-0.4, -0.2) is 39.2 Å². The minimum atomic E-state index is -0.282. The van der Waals surface area contributed by atoms with Gasteiger partial charge >= 0.3 is 0 Å². The van der Waals surface area contributed by atoms with E-state index in [1.807, 2.05) is 4.90 Å². The zero-order valence-corrected chi connectivity index (χ0v) is 10.1. The van der Waals surface area contributed by atoms with Gasteiger partial charge in [-0.2, -0.15) is 0 Å². The van der Waals surface area contributed by atoms with Crippen molar-refractivity contribution >= 4 is 5.91 Å². The van der Waals surface area contributed by atoms with Gasteiger partial charge in [-0.15, -0.1) is 0 Å². The van der Waals surface area contributed by atoms with E-state index in [0.717, 1.165) is 12.8 Å². The number of aliphatic hydroxyl groups excluding tert-OH is 1. The Hall–Kier alpha value is -1.55. The summed E-state index contributed by atoms with van der Waals surface area (Å²) in [6, 6.07) is 6.92. The van der Waals surface area contributed by atoms with Gasteiger partial charge in [0.1, 0.15) is 5.75 Å². The molecule has 2 aliphatic rings. The Morgan fingerprint density at radius 1 is 1.17 bits per heavy atom. The summed E-state index contributed by atoms with van der Waals surface area (Å²) in [5.41, 5.74) is 0.366. The fourth-order valence-electron chi connectivity index (χ4n) is 3.27. The molecule has 0 saturated carbocycles. The van der Waals surface area contributed by atoms with Crippen molar-refractivity contribution in [2.75, 3.05) is 0 Å². The number of piperidine rings is 1. The lowest BCUT2D eigenvalue weighted by atomic mass is 9.98. The van der Waals surface area contributed by atoms with Gasteiger partial charge in [-0.3, -0.25) is 4.79 Å². The number of amides is 1. The number of fused-ring (bicyclic) bond motifs is 2. The summed E-state index contributed by atoms with van der Waals surface area (Å²) in [5, 5.41) is 19.5. The van der Waals surface area contributed by atoms with Crippen molar-refractivity contribution in [3.05, 3.63) is 29.8 Å². The normalized spacial score (nSPS) is 30.5. The number of nitrogens with zero attached hydrogens (tertiary/aromatic N) is 1. The lowest BCUT2D eigenvalue weighted by molar-refractivity contribution is 0.0285. The van der Waals surface area contributed by atoms with Gasteiger partial charge in [0.2, 0.25) is 0 Å². The van der Waals surface area contributed by atoms with E-state index < -0.39 is 0 Å². The van der Waals surface area contributed by atoms with Crippen LogP contribution in [0.2, 0.25) is 0 Å². The Kier molecular flexibility index (Phi) is 2.74. The molecule has 0 radical (unpaired) electrons. The highest BCUT2D eigenvalue weighted by molar-refractivity contribution is 5.97. The van der Waals surface area contributed by atoms with Crippen LogP contribution in [0.25, 0.3) is 0 Å². The standard InChI is InChI=1S/C14H17NO3/c16-11-7-9-5-6-10(8-11)15(9)14(18)12-3-1-2-4-13(12)17/h1-4,9-11,16-17H,5-8H2. The quantitative estimate of drug-likeness (QED) is 0.791. The smallest absolute Gasteiger partial charge is 0.258 e. The molecule has 2 bridgehead atoms. The number of hydrogen-bond donors (Lipinski definition) is 2. The summed E-state index contributed by atoms with van der Waals surface area (Å²) in [5.74, 6) is -0.0690. The Morgan fingerprint density at radius 2 is 1.78 bits per heavy atom. The molecule has 3 rings (SSSR count). The molecule has 2 aliphatic heterocycles. The van der Waals surface area contributed by atoms with Crippen molar-refractivity contribution in [3.63, 3.8) is 0 Å². The fourth-order valence-corrected chi connectivity index (χ4v) is 3.27. The van der Waals surface area contributed by atoms with Gasteiger partial charge in [0.05, 0.1) is 11.7 Å². The van der Waals surface area contributed by atoms with Gasteiger partial charge in [-0.1, -0.05) is 12.1 Å². The summed E-state index contributed by atoms with van der Waals surface area (Å²) in [6.45, 7) is 0. The number of carbonyl (C=O) groups is 1. The zero-order chi connectivity index (χ0) is 12.7. The second kappa shape index (κ2) is 4.28. The van der Waals surface area contributed by atoms with Crippen molar-refractivity contribution < 1.29 is 15.0 Å². The molecule has 18 heavy (non-hydrogen) atoms. The molecule has 0 aliphatic carbocycles. The van der Waals surface area contributed by atoms with Crippen LogP contribution in [0, 0.1) is 0 Å². The summed E-state index contributed by atoms with van der Waals surface area (Å²) >= 11 is 0. The largest absolute Gasteiger partial charge is 0.507 e. The number of phenols is 1. The maximum atomic E-state index is 12.5. The highest BCUT2D eigenvalue weighted by Gasteiger charge is 2.43. The van der Waals surface area contributed by atoms with E-state index in [-0.39, 0.29) is 29.8 Å². The van der Waals surface area contributed by atoms with E-state index in [1.54, 1.807) is 18.2 Å². The molecule has 2 saturated heterocycles. The first-order valence-electron chi connectivity index (χ1n) is 6.45. The molecule has 4 heteroatoms. The molecule has 1 aromatic rings. The van der Waals surface area contributed by atoms with E-state index in [0.29, 0.717) is 18.4 Å². The Bertz CT molecular complexity index is 460. The highest BCUT2D eigenvalue weighted by Crippen LogP contribution is 2.37. The van der Waals surface area contributed by atoms with Crippen molar-refractivity contribution in [2.45, 2.75) is 43.9 Å². The maximum Gasteiger partial charge on any atom is 0.258 e. The van der Waals surface area contributed by atoms with Crippen LogP contribution < -0.4 is 0 Å². The Labute approximate surface area is 106 Å². The molecule has 2 fully saturated rings. The molecule has 2 unspecified atom stereocenters. The summed E-state index contributed by atoms with van der Waals surface area (Å²) in [6.07, 6.45) is 2.96. The molecule has 0 aromatic heterocycles. The zero-order valence-electron chi connectivity index (χ0n) is 10.1. The average Bonchev–Trinajstić information content (AvgIpc) is 2.61. The number of carbonyl (C=O) groups excluding carboxylic acids is 1. The third kappa shape index (κ3) is 1.77. The van der Waals surface area contributed by atoms with Crippen LogP contribution in [0.4, 0.5) is 0 Å².